The van der Waals surface area contributed by atoms with E-state index < -0.39 is 0 Å². The summed E-state index contributed by atoms with van der Waals surface area (Å²) in [5.74, 6) is 0.0161. The van der Waals surface area contributed by atoms with Crippen LogP contribution in [-0.2, 0) is 15.9 Å². The molecule has 3 heterocycles. The maximum absolute atomic E-state index is 12.6. The monoisotopic (exact) mass is 293 g/mol. The first-order valence-electron chi connectivity index (χ1n) is 7.44. The third kappa shape index (κ3) is 2.46. The summed E-state index contributed by atoms with van der Waals surface area (Å²) >= 11 is 0. The summed E-state index contributed by atoms with van der Waals surface area (Å²) < 4.78 is 11.0. The van der Waals surface area contributed by atoms with Gasteiger partial charge in [0.05, 0.1) is 24.5 Å². The molecule has 3 rings (SSSR count). The fourth-order valence-electron chi connectivity index (χ4n) is 3.46. The van der Waals surface area contributed by atoms with E-state index >= 15 is 0 Å². The Hall–Kier alpha value is -1.40. The lowest BCUT2D eigenvalue weighted by molar-refractivity contribution is -0.0285. The number of nitrogens with zero attached hydrogens (tertiary/aromatic N) is 2. The van der Waals surface area contributed by atoms with E-state index in [0.29, 0.717) is 12.3 Å². The van der Waals surface area contributed by atoms with Gasteiger partial charge >= 0.3 is 0 Å². The van der Waals surface area contributed by atoms with E-state index in [9.17, 15) is 4.79 Å². The molecule has 1 aromatic heterocycles. The quantitative estimate of drug-likeness (QED) is 0.918. The number of amides is 1. The fraction of sp³-hybridized carbons (Fsp3) is 0.733. The highest BCUT2D eigenvalue weighted by Gasteiger charge is 2.43. The smallest absolute Gasteiger partial charge is 0.274 e. The van der Waals surface area contributed by atoms with Gasteiger partial charge in [0.15, 0.2) is 5.69 Å². The van der Waals surface area contributed by atoms with Crippen molar-refractivity contribution in [3.8, 4) is 0 Å². The highest BCUT2D eigenvalue weighted by Crippen LogP contribution is 2.34. The first kappa shape index (κ1) is 14.5. The molecule has 0 saturated carbocycles. The Labute approximate surface area is 124 Å². The molecule has 2 aliphatic rings. The molecule has 6 heteroatoms. The van der Waals surface area contributed by atoms with Crippen molar-refractivity contribution in [1.29, 1.82) is 0 Å². The summed E-state index contributed by atoms with van der Waals surface area (Å²) in [6.07, 6.45) is 0.820. The van der Waals surface area contributed by atoms with E-state index in [0.717, 1.165) is 30.8 Å². The van der Waals surface area contributed by atoms with Crippen molar-refractivity contribution in [3.63, 3.8) is 0 Å². The van der Waals surface area contributed by atoms with Crippen molar-refractivity contribution in [2.75, 3.05) is 26.8 Å². The first-order valence-corrected chi connectivity index (χ1v) is 7.44. The molecule has 1 N–H and O–H groups in total. The molecule has 0 aliphatic carbocycles. The van der Waals surface area contributed by atoms with Gasteiger partial charge in [-0.3, -0.25) is 9.89 Å². The summed E-state index contributed by atoms with van der Waals surface area (Å²) in [6, 6.07) is 0. The van der Waals surface area contributed by atoms with Gasteiger partial charge < -0.3 is 14.4 Å². The van der Waals surface area contributed by atoms with Crippen LogP contribution < -0.4 is 0 Å². The van der Waals surface area contributed by atoms with Crippen LogP contribution in [0.25, 0.3) is 0 Å². The van der Waals surface area contributed by atoms with Gasteiger partial charge in [-0.1, -0.05) is 6.92 Å². The van der Waals surface area contributed by atoms with Gasteiger partial charge in [0, 0.05) is 37.6 Å². The second-order valence-corrected chi connectivity index (χ2v) is 6.66. The van der Waals surface area contributed by atoms with Crippen molar-refractivity contribution < 1.29 is 14.3 Å². The molecule has 6 nitrogen and oxygen atoms in total. The zero-order valence-corrected chi connectivity index (χ0v) is 13.1. The maximum atomic E-state index is 12.6. The summed E-state index contributed by atoms with van der Waals surface area (Å²) in [6.45, 7) is 8.28. The minimum absolute atomic E-state index is 0.0161. The van der Waals surface area contributed by atoms with E-state index in [2.05, 4.69) is 17.1 Å². The van der Waals surface area contributed by atoms with Crippen molar-refractivity contribution >= 4 is 5.91 Å². The Morgan fingerprint density at radius 2 is 2.24 bits per heavy atom. The van der Waals surface area contributed by atoms with Crippen LogP contribution in [0.3, 0.4) is 0 Å². The van der Waals surface area contributed by atoms with E-state index in [-0.39, 0.29) is 23.5 Å². The Balaban J connectivity index is 1.76. The largest absolute Gasteiger partial charge is 0.384 e. The van der Waals surface area contributed by atoms with E-state index in [1.165, 1.54) is 0 Å². The van der Waals surface area contributed by atoms with E-state index in [1.54, 1.807) is 7.11 Å². The van der Waals surface area contributed by atoms with Crippen molar-refractivity contribution in [2.45, 2.75) is 39.4 Å². The molecule has 0 radical (unpaired) electrons. The topological polar surface area (TPSA) is 67.5 Å². The van der Waals surface area contributed by atoms with Crippen molar-refractivity contribution in [2.24, 2.45) is 5.41 Å². The van der Waals surface area contributed by atoms with Gasteiger partial charge in [0.1, 0.15) is 0 Å². The number of hydrogen-bond donors (Lipinski definition) is 1. The van der Waals surface area contributed by atoms with Gasteiger partial charge in [0.25, 0.3) is 5.91 Å². The summed E-state index contributed by atoms with van der Waals surface area (Å²) in [7, 11) is 1.70. The van der Waals surface area contributed by atoms with Crippen LogP contribution in [0.15, 0.2) is 0 Å². The number of aromatic nitrogens is 2. The molecule has 1 amide bonds. The third-order valence-electron chi connectivity index (χ3n) is 4.36. The summed E-state index contributed by atoms with van der Waals surface area (Å²) in [5.41, 5.74) is 2.60. The molecule has 116 valence electrons. The van der Waals surface area contributed by atoms with Crippen LogP contribution in [0.2, 0.25) is 0 Å². The molecular weight excluding hydrogens is 270 g/mol. The molecule has 2 aliphatic heterocycles. The fourth-order valence-corrected chi connectivity index (χ4v) is 3.46. The highest BCUT2D eigenvalue weighted by atomic mass is 16.5. The molecule has 0 spiro atoms. The standard InChI is InChI=1S/C15H23N3O3/c1-9-5-11-12(10(2)21-9)16-17-13(11)14(19)18-6-15(3,7-18)8-20-4/h9-10H,5-8H2,1-4H3,(H,16,17)/t9-,10+/m0/s1. The number of H-pyrrole nitrogens is 1. The predicted molar refractivity (Wildman–Crippen MR) is 77.1 cm³/mol. The Morgan fingerprint density at radius 1 is 1.52 bits per heavy atom. The van der Waals surface area contributed by atoms with Gasteiger partial charge in [-0.25, -0.2) is 0 Å². The van der Waals surface area contributed by atoms with Crippen molar-refractivity contribution in [1.82, 2.24) is 15.1 Å². The zero-order chi connectivity index (χ0) is 15.2. The molecule has 2 atom stereocenters. The number of rotatable bonds is 3. The van der Waals surface area contributed by atoms with E-state index in [1.807, 2.05) is 18.7 Å². The maximum Gasteiger partial charge on any atom is 0.274 e. The number of methoxy groups -OCH3 is 1. The molecule has 0 aromatic carbocycles. The van der Waals surface area contributed by atoms with Gasteiger partial charge in [-0.2, -0.15) is 5.10 Å². The highest BCUT2D eigenvalue weighted by molar-refractivity contribution is 5.94. The van der Waals surface area contributed by atoms with Gasteiger partial charge in [0.2, 0.25) is 0 Å². The number of nitrogens with one attached hydrogen (secondary N) is 1. The summed E-state index contributed by atoms with van der Waals surface area (Å²) in [4.78, 5) is 14.5. The molecule has 1 fully saturated rings. The molecule has 21 heavy (non-hydrogen) atoms. The number of likely N-dealkylation sites (tertiary alicyclic amines) is 1. The minimum Gasteiger partial charge on any atom is -0.384 e. The average Bonchev–Trinajstić information content (AvgIpc) is 2.79. The van der Waals surface area contributed by atoms with Crippen LogP contribution in [0.4, 0.5) is 0 Å². The molecule has 0 bridgehead atoms. The van der Waals surface area contributed by atoms with Gasteiger partial charge in [-0.15, -0.1) is 0 Å². The first-order chi connectivity index (χ1) is 9.93. The molecule has 0 unspecified atom stereocenters. The van der Waals surface area contributed by atoms with Crippen LogP contribution in [-0.4, -0.2) is 53.9 Å². The Bertz CT molecular complexity index is 548. The number of carbonyl (C=O) groups excluding carboxylic acids is 1. The van der Waals surface area contributed by atoms with Crippen LogP contribution in [0.5, 0.6) is 0 Å². The van der Waals surface area contributed by atoms with E-state index in [4.69, 9.17) is 9.47 Å². The third-order valence-corrected chi connectivity index (χ3v) is 4.36. The summed E-state index contributed by atoms with van der Waals surface area (Å²) in [5, 5.41) is 7.23. The lowest BCUT2D eigenvalue weighted by Gasteiger charge is -2.47. The predicted octanol–water partition coefficient (Wildman–Crippen LogP) is 1.54. The molecule has 1 aromatic rings. The Kier molecular flexibility index (Phi) is 3.53. The van der Waals surface area contributed by atoms with Gasteiger partial charge in [-0.05, 0) is 13.8 Å². The van der Waals surface area contributed by atoms with Crippen LogP contribution >= 0.6 is 0 Å². The average molecular weight is 293 g/mol. The second-order valence-electron chi connectivity index (χ2n) is 6.66. The second kappa shape index (κ2) is 5.10. The number of hydrogen-bond acceptors (Lipinski definition) is 4. The molecule has 1 saturated heterocycles. The normalized spacial score (nSPS) is 27.1. The molecular formula is C15H23N3O3. The number of carbonyl (C=O) groups is 1. The number of aromatic amines is 1. The van der Waals surface area contributed by atoms with Crippen LogP contribution in [0.1, 0.15) is 48.6 Å². The zero-order valence-electron chi connectivity index (χ0n) is 13.1. The lowest BCUT2D eigenvalue weighted by Crippen LogP contribution is -2.59. The van der Waals surface area contributed by atoms with Crippen molar-refractivity contribution in [3.05, 3.63) is 17.0 Å². The Morgan fingerprint density at radius 3 is 2.90 bits per heavy atom. The minimum atomic E-state index is -0.0343. The lowest BCUT2D eigenvalue weighted by atomic mass is 9.82. The number of ether oxygens (including phenoxy) is 2. The SMILES string of the molecule is COCC1(C)CN(C(=O)c2n[nH]c3c2C[C@H](C)O[C@@H]3C)C1. The number of fused-ring (bicyclic) bond motifs is 1. The van der Waals surface area contributed by atoms with Crippen LogP contribution in [0, 0.1) is 5.41 Å².